The van der Waals surface area contributed by atoms with Gasteiger partial charge in [-0.15, -0.1) is 0 Å². The number of carbonyl (C=O) groups is 1. The zero-order chi connectivity index (χ0) is 8.97. The molecule has 0 aromatic carbocycles. The number of nitrogens with zero attached hydrogens (tertiary/aromatic N) is 1. The molecule has 0 amide bonds. The van der Waals surface area contributed by atoms with Gasteiger partial charge in [-0.2, -0.15) is 0 Å². The maximum absolute atomic E-state index is 10.7. The molecule has 0 bridgehead atoms. The van der Waals surface area contributed by atoms with Crippen LogP contribution < -0.4 is 0 Å². The molecule has 0 unspecified atom stereocenters. The van der Waals surface area contributed by atoms with Gasteiger partial charge in [0.05, 0.1) is 5.57 Å². The van der Waals surface area contributed by atoms with Crippen molar-refractivity contribution in [3.05, 3.63) is 11.8 Å². The largest absolute Gasteiger partial charge is 0.478 e. The van der Waals surface area contributed by atoms with Crippen LogP contribution in [0, 0.1) is 0 Å². The minimum absolute atomic E-state index is 0.550. The molecule has 1 fully saturated rings. The second-order valence-corrected chi connectivity index (χ2v) is 3.10. The number of carboxylic acid groups (broad SMARTS) is 1. The Kier molecular flexibility index (Phi) is 3.14. The molecule has 3 nitrogen and oxygen atoms in total. The molecule has 3 heteroatoms. The average Bonchev–Trinajstić information content (AvgIpc) is 2.80. The van der Waals surface area contributed by atoms with Gasteiger partial charge in [0.2, 0.25) is 0 Å². The summed E-state index contributed by atoms with van der Waals surface area (Å²) in [6.07, 6.45) is 4.48. The normalized spacial score (nSPS) is 16.4. The zero-order valence-corrected chi connectivity index (χ0v) is 7.42. The van der Waals surface area contributed by atoms with Crippen molar-refractivity contribution >= 4 is 5.97 Å². The molecule has 12 heavy (non-hydrogen) atoms. The predicted octanol–water partition coefficient (Wildman–Crippen LogP) is 1.46. The topological polar surface area (TPSA) is 40.3 Å². The Morgan fingerprint density at radius 1 is 1.58 bits per heavy atom. The van der Waals surface area contributed by atoms with Crippen LogP contribution >= 0.6 is 0 Å². The molecule has 1 saturated heterocycles. The number of rotatable bonds is 5. The summed E-state index contributed by atoms with van der Waals surface area (Å²) in [6, 6.07) is 0. The molecule has 0 radical (unpaired) electrons. The van der Waals surface area contributed by atoms with Gasteiger partial charge in [0.15, 0.2) is 0 Å². The van der Waals surface area contributed by atoms with E-state index < -0.39 is 5.97 Å². The van der Waals surface area contributed by atoms with Crippen LogP contribution in [0.25, 0.3) is 0 Å². The summed E-state index contributed by atoms with van der Waals surface area (Å²) in [5, 5.41) is 8.78. The van der Waals surface area contributed by atoms with E-state index in [4.69, 9.17) is 5.11 Å². The van der Waals surface area contributed by atoms with E-state index in [9.17, 15) is 4.79 Å². The van der Waals surface area contributed by atoms with Gasteiger partial charge < -0.3 is 10.0 Å². The van der Waals surface area contributed by atoms with Crippen LogP contribution in [0.5, 0.6) is 0 Å². The minimum atomic E-state index is -0.768. The molecule has 0 aromatic rings. The summed E-state index contributed by atoms with van der Waals surface area (Å²) in [7, 11) is 0. The fraction of sp³-hybridized carbons (Fsp3) is 0.667. The fourth-order valence-electron chi connectivity index (χ4n) is 1.00. The highest BCUT2D eigenvalue weighted by molar-refractivity contribution is 5.86. The predicted molar refractivity (Wildman–Crippen MR) is 46.8 cm³/mol. The second-order valence-electron chi connectivity index (χ2n) is 3.10. The first kappa shape index (κ1) is 9.10. The highest BCUT2D eigenvalue weighted by Gasteiger charge is 2.16. The summed E-state index contributed by atoms with van der Waals surface area (Å²) >= 11 is 0. The van der Waals surface area contributed by atoms with E-state index in [2.05, 4.69) is 6.92 Å². The third-order valence-corrected chi connectivity index (χ3v) is 1.89. The molecular formula is C9H15NO2. The van der Waals surface area contributed by atoms with E-state index in [1.165, 1.54) is 0 Å². The first-order valence-electron chi connectivity index (χ1n) is 4.42. The lowest BCUT2D eigenvalue weighted by atomic mass is 10.1. The third-order valence-electron chi connectivity index (χ3n) is 1.89. The van der Waals surface area contributed by atoms with E-state index in [-0.39, 0.29) is 0 Å². The van der Waals surface area contributed by atoms with Crippen LogP contribution in [0.4, 0.5) is 0 Å². The highest BCUT2D eigenvalue weighted by Crippen LogP contribution is 2.13. The molecule has 1 aliphatic heterocycles. The Labute approximate surface area is 72.7 Å². The SMILES string of the molecule is CCCCC(=CN1CC1)C(=O)O. The Bertz CT molecular complexity index is 195. The highest BCUT2D eigenvalue weighted by atomic mass is 16.4. The van der Waals surface area contributed by atoms with Crippen molar-refractivity contribution in [3.8, 4) is 0 Å². The molecule has 68 valence electrons. The lowest BCUT2D eigenvalue weighted by Gasteiger charge is -2.00. The van der Waals surface area contributed by atoms with Gasteiger partial charge in [-0.05, 0) is 12.8 Å². The van der Waals surface area contributed by atoms with Crippen LogP contribution in [-0.2, 0) is 4.79 Å². The van der Waals surface area contributed by atoms with Crippen molar-refractivity contribution in [1.82, 2.24) is 4.90 Å². The lowest BCUT2D eigenvalue weighted by Crippen LogP contribution is -2.02. The maximum Gasteiger partial charge on any atom is 0.333 e. The Morgan fingerprint density at radius 3 is 2.67 bits per heavy atom. The second kappa shape index (κ2) is 4.14. The van der Waals surface area contributed by atoms with Crippen LogP contribution in [0.15, 0.2) is 11.8 Å². The standard InChI is InChI=1S/C9H15NO2/c1-2-3-4-8(9(11)12)7-10-5-6-10/h7H,2-6H2,1H3,(H,11,12). The third kappa shape index (κ3) is 2.95. The Balaban J connectivity index is 2.41. The molecule has 1 aliphatic rings. The molecular weight excluding hydrogens is 154 g/mol. The molecule has 0 aliphatic carbocycles. The van der Waals surface area contributed by atoms with Crippen molar-refractivity contribution < 1.29 is 9.90 Å². The number of hydrogen-bond acceptors (Lipinski definition) is 2. The molecule has 1 heterocycles. The van der Waals surface area contributed by atoms with Crippen LogP contribution in [0.1, 0.15) is 26.2 Å². The maximum atomic E-state index is 10.7. The summed E-state index contributed by atoms with van der Waals surface area (Å²) in [4.78, 5) is 12.7. The Morgan fingerprint density at radius 2 is 2.25 bits per heavy atom. The van der Waals surface area contributed by atoms with Crippen molar-refractivity contribution in [2.45, 2.75) is 26.2 Å². The molecule has 0 spiro atoms. The summed E-state index contributed by atoms with van der Waals surface area (Å²) in [5.74, 6) is -0.768. The lowest BCUT2D eigenvalue weighted by molar-refractivity contribution is -0.132. The fourth-order valence-corrected chi connectivity index (χ4v) is 1.00. The van der Waals surface area contributed by atoms with E-state index >= 15 is 0 Å². The van der Waals surface area contributed by atoms with Crippen LogP contribution in [0.3, 0.4) is 0 Å². The average molecular weight is 169 g/mol. The zero-order valence-electron chi connectivity index (χ0n) is 7.42. The number of hydrogen-bond donors (Lipinski definition) is 1. The van der Waals surface area contributed by atoms with E-state index in [0.29, 0.717) is 12.0 Å². The van der Waals surface area contributed by atoms with E-state index in [1.807, 2.05) is 4.90 Å². The van der Waals surface area contributed by atoms with Crippen molar-refractivity contribution in [3.63, 3.8) is 0 Å². The number of carboxylic acids is 1. The quantitative estimate of drug-likeness (QED) is 0.500. The van der Waals surface area contributed by atoms with Crippen LogP contribution in [0.2, 0.25) is 0 Å². The summed E-state index contributed by atoms with van der Waals surface area (Å²) in [6.45, 7) is 4.10. The molecule has 0 saturated carbocycles. The molecule has 1 rings (SSSR count). The van der Waals surface area contributed by atoms with E-state index in [0.717, 1.165) is 25.9 Å². The first-order valence-corrected chi connectivity index (χ1v) is 4.42. The molecule has 1 N–H and O–H groups in total. The summed E-state index contributed by atoms with van der Waals surface area (Å²) in [5.41, 5.74) is 0.550. The Hall–Kier alpha value is -0.990. The van der Waals surface area contributed by atoms with Gasteiger partial charge in [-0.1, -0.05) is 13.3 Å². The van der Waals surface area contributed by atoms with Gasteiger partial charge in [-0.25, -0.2) is 4.79 Å². The minimum Gasteiger partial charge on any atom is -0.478 e. The van der Waals surface area contributed by atoms with Gasteiger partial charge in [0.25, 0.3) is 0 Å². The first-order chi connectivity index (χ1) is 5.74. The van der Waals surface area contributed by atoms with E-state index in [1.54, 1.807) is 6.20 Å². The monoisotopic (exact) mass is 169 g/mol. The van der Waals surface area contributed by atoms with Gasteiger partial charge in [0, 0.05) is 19.3 Å². The summed E-state index contributed by atoms with van der Waals surface area (Å²) < 4.78 is 0. The van der Waals surface area contributed by atoms with Crippen molar-refractivity contribution in [2.75, 3.05) is 13.1 Å². The van der Waals surface area contributed by atoms with Gasteiger partial charge >= 0.3 is 5.97 Å². The number of unbranched alkanes of at least 4 members (excludes halogenated alkanes) is 1. The van der Waals surface area contributed by atoms with Gasteiger partial charge in [0.1, 0.15) is 0 Å². The van der Waals surface area contributed by atoms with Crippen LogP contribution in [-0.4, -0.2) is 29.1 Å². The smallest absolute Gasteiger partial charge is 0.333 e. The van der Waals surface area contributed by atoms with Crippen molar-refractivity contribution in [2.24, 2.45) is 0 Å². The molecule has 0 atom stereocenters. The van der Waals surface area contributed by atoms with Crippen molar-refractivity contribution in [1.29, 1.82) is 0 Å². The number of aliphatic carboxylic acids is 1. The molecule has 0 aromatic heterocycles. The van der Waals surface area contributed by atoms with Gasteiger partial charge in [-0.3, -0.25) is 0 Å².